The van der Waals surface area contributed by atoms with Gasteiger partial charge in [0.2, 0.25) is 0 Å². The van der Waals surface area contributed by atoms with Crippen LogP contribution in [-0.4, -0.2) is 0 Å². The predicted molar refractivity (Wildman–Crippen MR) is 31.0 cm³/mol. The first kappa shape index (κ1) is 29.9. The molecule has 0 aliphatic carbocycles. The molecule has 0 spiro atoms. The molecule has 4 heteroatoms. The minimum Gasteiger partial charge on any atom is -0.114 e. The van der Waals surface area contributed by atoms with E-state index in [0.29, 0.717) is 0 Å². The molecule has 0 aromatic rings. The Morgan fingerprint density at radius 2 is 0.500 bits per heavy atom. The van der Waals surface area contributed by atoms with Gasteiger partial charge in [-0.2, -0.15) is 0 Å². The Labute approximate surface area is 87.0 Å². The monoisotopic (exact) mass is 405 g/mol. The molecule has 0 atom stereocenters. The molecule has 35 valence electrons. The van der Waals surface area contributed by atoms with Gasteiger partial charge < -0.3 is 0 Å². The Bertz CT molecular complexity index is 3.25. The van der Waals surface area contributed by atoms with Gasteiger partial charge in [-0.1, -0.05) is 0 Å². The quantitative estimate of drug-likeness (QED) is 0.537. The fourth-order valence-electron chi connectivity index (χ4n) is 0. The first-order valence-electron chi connectivity index (χ1n) is 0. The Hall–Kier alpha value is 2.70. The van der Waals surface area contributed by atoms with E-state index in [2.05, 4.69) is 0 Å². The van der Waals surface area contributed by atoms with E-state index in [-0.39, 0.29) is 88.7 Å². The van der Waals surface area contributed by atoms with Crippen LogP contribution in [-0.2, 0) is 0 Å². The molecule has 0 N–H and O–H groups in total. The first-order valence-corrected chi connectivity index (χ1v) is 0. The van der Waals surface area contributed by atoms with Crippen LogP contribution >= 0.6 is 50.9 Å². The van der Waals surface area contributed by atoms with Gasteiger partial charge in [-0.15, -0.1) is 50.9 Å². The van der Waals surface area contributed by atoms with Crippen LogP contribution in [0.3, 0.4) is 0 Å². The van der Waals surface area contributed by atoms with Crippen LogP contribution in [0.4, 0.5) is 0 Å². The zero-order valence-electron chi connectivity index (χ0n) is 1.53. The summed E-state index contributed by atoms with van der Waals surface area (Å²) in [5, 5.41) is 0. The van der Waals surface area contributed by atoms with E-state index in [0.717, 1.165) is 0 Å². The van der Waals surface area contributed by atoms with E-state index < -0.39 is 0 Å². The second kappa shape index (κ2) is 17.3. The summed E-state index contributed by atoms with van der Waals surface area (Å²) in [6.07, 6.45) is 0. The van der Waals surface area contributed by atoms with Gasteiger partial charge in [0.25, 0.3) is 0 Å². The first-order chi connectivity index (χ1) is 0. The maximum atomic E-state index is 0. The van der Waals surface area contributed by atoms with Crippen molar-refractivity contribution in [3.8, 4) is 0 Å². The molecule has 0 bridgehead atoms. The van der Waals surface area contributed by atoms with Crippen LogP contribution in [0.15, 0.2) is 0 Å². The summed E-state index contributed by atoms with van der Waals surface area (Å²) in [6.45, 7) is 0. The van der Waals surface area contributed by atoms with E-state index in [9.17, 15) is 0 Å². The second-order valence-corrected chi connectivity index (χ2v) is 0. The van der Waals surface area contributed by atoms with Crippen molar-refractivity contribution in [2.24, 2.45) is 0 Å². The minimum atomic E-state index is 0. The molecule has 0 aromatic heterocycles. The molecular formula is H3Br3Ho. The molecule has 1 radical (unpaired) electrons. The fraction of sp³-hybridized carbons (Fsp3) is 0. The van der Waals surface area contributed by atoms with Gasteiger partial charge in [0.15, 0.2) is 0 Å². The van der Waals surface area contributed by atoms with Gasteiger partial charge >= 0.3 is 0 Å². The van der Waals surface area contributed by atoms with Crippen molar-refractivity contribution in [3.05, 3.63) is 0 Å². The third kappa shape index (κ3) is 8.83. The van der Waals surface area contributed by atoms with Crippen molar-refractivity contribution in [1.82, 2.24) is 0 Å². The van der Waals surface area contributed by atoms with E-state index in [1.165, 1.54) is 0 Å². The molecule has 4 heavy (non-hydrogen) atoms. The van der Waals surface area contributed by atoms with E-state index in [1.54, 1.807) is 0 Å². The summed E-state index contributed by atoms with van der Waals surface area (Å²) < 4.78 is 0. The smallest absolute Gasteiger partial charge is 0 e. The maximum absolute atomic E-state index is 0. The molecule has 0 aliphatic rings. The van der Waals surface area contributed by atoms with Crippen molar-refractivity contribution >= 4 is 50.9 Å². The molecule has 0 nitrogen and oxygen atoms in total. The minimum absolute atomic E-state index is 0. The molecule has 0 fully saturated rings. The van der Waals surface area contributed by atoms with Gasteiger partial charge in [0.1, 0.15) is 0 Å². The largest absolute Gasteiger partial charge is 0.114 e. The zero-order valence-corrected chi connectivity index (χ0v) is 8.60. The predicted octanol–water partition coefficient (Wildman–Crippen LogP) is 1.73. The van der Waals surface area contributed by atoms with E-state index >= 15 is 0 Å². The summed E-state index contributed by atoms with van der Waals surface area (Å²) in [7, 11) is 0. The summed E-state index contributed by atoms with van der Waals surface area (Å²) in [4.78, 5) is 0. The molecule has 0 saturated carbocycles. The third-order valence-corrected chi connectivity index (χ3v) is 0. The molecular weight excluding hydrogens is 405 g/mol. The summed E-state index contributed by atoms with van der Waals surface area (Å²) in [6, 6.07) is 0. The van der Waals surface area contributed by atoms with Crippen LogP contribution in [0, 0.1) is 37.7 Å². The average molecular weight is 408 g/mol. The molecule has 0 unspecified atom stereocenters. The Morgan fingerprint density at radius 3 is 0.500 bits per heavy atom. The van der Waals surface area contributed by atoms with Crippen LogP contribution in [0.25, 0.3) is 0 Å². The molecule has 0 aromatic carbocycles. The topological polar surface area (TPSA) is 0 Å². The fourth-order valence-corrected chi connectivity index (χ4v) is 0. The molecule has 0 heterocycles. The van der Waals surface area contributed by atoms with Gasteiger partial charge in [0.05, 0.1) is 0 Å². The normalized spacial score (nSPS) is 0. The Balaban J connectivity index is 0. The second-order valence-electron chi connectivity index (χ2n) is 0. The SMILES string of the molecule is Br.Br.Br.[Ho]. The van der Waals surface area contributed by atoms with Gasteiger partial charge in [-0.3, -0.25) is 0 Å². The van der Waals surface area contributed by atoms with Crippen molar-refractivity contribution in [2.45, 2.75) is 0 Å². The van der Waals surface area contributed by atoms with Crippen LogP contribution < -0.4 is 0 Å². The van der Waals surface area contributed by atoms with E-state index in [4.69, 9.17) is 0 Å². The Kier molecular flexibility index (Phi) is 129. The summed E-state index contributed by atoms with van der Waals surface area (Å²) in [5.41, 5.74) is 0. The number of hydrogen-bond acceptors (Lipinski definition) is 0. The van der Waals surface area contributed by atoms with Gasteiger partial charge in [-0.05, 0) is 0 Å². The van der Waals surface area contributed by atoms with Crippen LogP contribution in [0.1, 0.15) is 0 Å². The van der Waals surface area contributed by atoms with Gasteiger partial charge in [0, 0.05) is 37.7 Å². The van der Waals surface area contributed by atoms with Crippen molar-refractivity contribution < 1.29 is 37.7 Å². The molecule has 0 aliphatic heterocycles. The number of halogens is 3. The summed E-state index contributed by atoms with van der Waals surface area (Å²) >= 11 is 0. The van der Waals surface area contributed by atoms with Crippen molar-refractivity contribution in [3.63, 3.8) is 0 Å². The van der Waals surface area contributed by atoms with Crippen molar-refractivity contribution in [2.75, 3.05) is 0 Å². The van der Waals surface area contributed by atoms with E-state index in [1.807, 2.05) is 0 Å². The van der Waals surface area contributed by atoms with Crippen LogP contribution in [0.5, 0.6) is 0 Å². The number of hydrogen-bond donors (Lipinski definition) is 0. The number of rotatable bonds is 0. The zero-order chi connectivity index (χ0) is 0. The third-order valence-electron chi connectivity index (χ3n) is 0. The molecule has 0 saturated heterocycles. The van der Waals surface area contributed by atoms with Gasteiger partial charge in [-0.25, -0.2) is 0 Å². The average Bonchev–Trinajstić information content (AvgIpc) is 0. The summed E-state index contributed by atoms with van der Waals surface area (Å²) in [5.74, 6) is 0. The molecule has 0 rings (SSSR count). The maximum Gasteiger partial charge on any atom is 0 e. The van der Waals surface area contributed by atoms with Crippen molar-refractivity contribution in [1.29, 1.82) is 0 Å². The Morgan fingerprint density at radius 1 is 0.500 bits per heavy atom. The van der Waals surface area contributed by atoms with Crippen LogP contribution in [0.2, 0.25) is 0 Å². The molecule has 0 amide bonds. The standard InChI is InChI=1S/3BrH.Ho/h3*1H;.